The van der Waals surface area contributed by atoms with Gasteiger partial charge in [0.1, 0.15) is 12.6 Å². The molecular formula is C23H25NO6. The molecule has 2 aromatic rings. The lowest BCUT2D eigenvalue weighted by Crippen LogP contribution is -2.53. The van der Waals surface area contributed by atoms with Crippen LogP contribution in [0.1, 0.15) is 37.8 Å². The lowest BCUT2D eigenvalue weighted by Gasteiger charge is -2.31. The number of aliphatic carboxylic acids is 2. The molecule has 1 aliphatic carbocycles. The molecular weight excluding hydrogens is 386 g/mol. The molecule has 2 aromatic carbocycles. The normalized spacial score (nSPS) is 14.9. The third-order valence-electron chi connectivity index (χ3n) is 5.42. The Labute approximate surface area is 174 Å². The Hall–Kier alpha value is -3.35. The van der Waals surface area contributed by atoms with Gasteiger partial charge in [-0.2, -0.15) is 0 Å². The molecule has 158 valence electrons. The predicted octanol–water partition coefficient (Wildman–Crippen LogP) is 3.73. The van der Waals surface area contributed by atoms with Crippen molar-refractivity contribution >= 4 is 18.0 Å². The molecule has 2 atom stereocenters. The summed E-state index contributed by atoms with van der Waals surface area (Å²) in [6.07, 6.45) is -0.959. The van der Waals surface area contributed by atoms with Crippen LogP contribution in [0, 0.1) is 11.3 Å². The van der Waals surface area contributed by atoms with Crippen LogP contribution in [0.3, 0.4) is 0 Å². The van der Waals surface area contributed by atoms with Gasteiger partial charge in [0.05, 0.1) is 5.92 Å². The van der Waals surface area contributed by atoms with Crippen LogP contribution >= 0.6 is 0 Å². The molecule has 0 aromatic heterocycles. The number of amides is 1. The molecule has 0 heterocycles. The molecule has 3 N–H and O–H groups in total. The number of carboxylic acid groups (broad SMARTS) is 2. The average Bonchev–Trinajstić information content (AvgIpc) is 2.98. The van der Waals surface area contributed by atoms with Crippen molar-refractivity contribution in [1.82, 2.24) is 5.32 Å². The summed E-state index contributed by atoms with van der Waals surface area (Å²) in [5.41, 5.74) is 3.32. The van der Waals surface area contributed by atoms with Crippen LogP contribution in [0.2, 0.25) is 0 Å². The number of carbonyl (C=O) groups is 3. The molecule has 30 heavy (non-hydrogen) atoms. The maximum absolute atomic E-state index is 12.4. The standard InChI is InChI=1S/C23H25NO6/c1-23(2,3)18(20(25)26)19(21(27)28)24-22(29)30-12-17-15-10-6-4-8-13(15)14-9-5-7-11-16(14)17/h4-11,17-19H,12H2,1-3H3,(H,24,29)(H,25,26)(H,27,28)/t18?,19-/m0/s1. The number of hydrogen-bond acceptors (Lipinski definition) is 4. The number of ether oxygens (including phenoxy) is 1. The second-order valence-corrected chi connectivity index (χ2v) is 8.47. The van der Waals surface area contributed by atoms with Crippen molar-refractivity contribution in [3.63, 3.8) is 0 Å². The molecule has 0 radical (unpaired) electrons. The number of benzene rings is 2. The highest BCUT2D eigenvalue weighted by Crippen LogP contribution is 2.44. The van der Waals surface area contributed by atoms with Crippen LogP contribution in [-0.2, 0) is 14.3 Å². The van der Waals surface area contributed by atoms with E-state index in [-0.39, 0.29) is 12.5 Å². The summed E-state index contributed by atoms with van der Waals surface area (Å²) in [7, 11) is 0. The van der Waals surface area contributed by atoms with Gasteiger partial charge in [-0.1, -0.05) is 69.3 Å². The Morgan fingerprint density at radius 1 is 0.933 bits per heavy atom. The minimum absolute atomic E-state index is 0.0133. The number of carboxylic acids is 2. The van der Waals surface area contributed by atoms with Gasteiger partial charge in [-0.3, -0.25) is 4.79 Å². The Morgan fingerprint density at radius 3 is 1.87 bits per heavy atom. The molecule has 0 fully saturated rings. The van der Waals surface area contributed by atoms with E-state index in [2.05, 4.69) is 5.32 Å². The van der Waals surface area contributed by atoms with E-state index < -0.39 is 35.4 Å². The summed E-state index contributed by atoms with van der Waals surface area (Å²) in [6.45, 7) is 4.85. The summed E-state index contributed by atoms with van der Waals surface area (Å²) >= 11 is 0. The lowest BCUT2D eigenvalue weighted by atomic mass is 9.76. The number of alkyl carbamates (subject to hydrolysis) is 1. The Balaban J connectivity index is 1.75. The van der Waals surface area contributed by atoms with Gasteiger partial charge in [-0.05, 0) is 27.7 Å². The van der Waals surface area contributed by atoms with Crippen molar-refractivity contribution in [2.24, 2.45) is 11.3 Å². The van der Waals surface area contributed by atoms with Crippen LogP contribution < -0.4 is 5.32 Å². The van der Waals surface area contributed by atoms with Gasteiger partial charge in [-0.15, -0.1) is 0 Å². The fourth-order valence-corrected chi connectivity index (χ4v) is 4.07. The highest BCUT2D eigenvalue weighted by molar-refractivity contribution is 5.86. The molecule has 0 spiro atoms. The van der Waals surface area contributed by atoms with Crippen molar-refractivity contribution in [2.45, 2.75) is 32.7 Å². The maximum atomic E-state index is 12.4. The summed E-state index contributed by atoms with van der Waals surface area (Å²) in [5, 5.41) is 21.3. The average molecular weight is 411 g/mol. The highest BCUT2D eigenvalue weighted by Gasteiger charge is 2.43. The molecule has 1 amide bonds. The highest BCUT2D eigenvalue weighted by atomic mass is 16.5. The van der Waals surface area contributed by atoms with Gasteiger partial charge in [0.2, 0.25) is 0 Å². The zero-order valence-electron chi connectivity index (χ0n) is 17.1. The van der Waals surface area contributed by atoms with E-state index in [1.165, 1.54) is 0 Å². The van der Waals surface area contributed by atoms with Crippen LogP contribution in [0.25, 0.3) is 11.1 Å². The number of carbonyl (C=O) groups excluding carboxylic acids is 1. The first-order chi connectivity index (χ1) is 14.1. The van der Waals surface area contributed by atoms with Gasteiger partial charge < -0.3 is 20.3 Å². The topological polar surface area (TPSA) is 113 Å². The van der Waals surface area contributed by atoms with Crippen molar-refractivity contribution in [3.8, 4) is 11.1 Å². The first kappa shape index (κ1) is 21.4. The molecule has 0 saturated carbocycles. The molecule has 1 aliphatic rings. The third-order valence-corrected chi connectivity index (χ3v) is 5.42. The molecule has 0 saturated heterocycles. The quantitative estimate of drug-likeness (QED) is 0.668. The van der Waals surface area contributed by atoms with Crippen molar-refractivity contribution in [2.75, 3.05) is 6.61 Å². The van der Waals surface area contributed by atoms with Crippen molar-refractivity contribution in [1.29, 1.82) is 0 Å². The first-order valence-corrected chi connectivity index (χ1v) is 9.68. The zero-order chi connectivity index (χ0) is 22.1. The fourth-order valence-electron chi connectivity index (χ4n) is 4.07. The first-order valence-electron chi connectivity index (χ1n) is 9.68. The molecule has 0 bridgehead atoms. The maximum Gasteiger partial charge on any atom is 0.407 e. The summed E-state index contributed by atoms with van der Waals surface area (Å²) in [5.74, 6) is -4.22. The predicted molar refractivity (Wildman–Crippen MR) is 110 cm³/mol. The smallest absolute Gasteiger partial charge is 0.407 e. The van der Waals surface area contributed by atoms with E-state index in [0.29, 0.717) is 0 Å². The Morgan fingerprint density at radius 2 is 1.43 bits per heavy atom. The molecule has 7 nitrogen and oxygen atoms in total. The van der Waals surface area contributed by atoms with Crippen LogP contribution in [0.4, 0.5) is 4.79 Å². The number of hydrogen-bond donors (Lipinski definition) is 3. The molecule has 3 rings (SSSR count). The van der Waals surface area contributed by atoms with E-state index >= 15 is 0 Å². The Bertz CT molecular complexity index is 932. The Kier molecular flexibility index (Phi) is 5.82. The SMILES string of the molecule is CC(C)(C)C(C(=O)O)[C@H](NC(=O)OCC1c2ccccc2-c2ccccc21)C(=O)O. The second-order valence-electron chi connectivity index (χ2n) is 8.47. The second kappa shape index (κ2) is 8.18. The summed E-state index contributed by atoms with van der Waals surface area (Å²) < 4.78 is 5.36. The zero-order valence-corrected chi connectivity index (χ0v) is 17.1. The third kappa shape index (κ3) is 4.15. The molecule has 1 unspecified atom stereocenters. The van der Waals surface area contributed by atoms with E-state index in [0.717, 1.165) is 22.3 Å². The summed E-state index contributed by atoms with van der Waals surface area (Å²) in [6, 6.07) is 14.1. The van der Waals surface area contributed by atoms with Crippen molar-refractivity contribution < 1.29 is 29.3 Å². The molecule has 7 heteroatoms. The van der Waals surface area contributed by atoms with E-state index in [1.807, 2.05) is 48.5 Å². The molecule has 0 aliphatic heterocycles. The monoisotopic (exact) mass is 411 g/mol. The van der Waals surface area contributed by atoms with Crippen LogP contribution in [-0.4, -0.2) is 40.9 Å². The van der Waals surface area contributed by atoms with Gasteiger partial charge in [-0.25, -0.2) is 9.59 Å². The van der Waals surface area contributed by atoms with Crippen molar-refractivity contribution in [3.05, 3.63) is 59.7 Å². The van der Waals surface area contributed by atoms with E-state index in [4.69, 9.17) is 4.74 Å². The lowest BCUT2D eigenvalue weighted by molar-refractivity contribution is -0.155. The number of fused-ring (bicyclic) bond motifs is 3. The van der Waals surface area contributed by atoms with Gasteiger partial charge in [0.25, 0.3) is 0 Å². The number of nitrogens with one attached hydrogen (secondary N) is 1. The van der Waals surface area contributed by atoms with Gasteiger partial charge >= 0.3 is 18.0 Å². The number of rotatable bonds is 6. The summed E-state index contributed by atoms with van der Waals surface area (Å²) in [4.78, 5) is 35.7. The van der Waals surface area contributed by atoms with Gasteiger partial charge in [0, 0.05) is 5.92 Å². The minimum atomic E-state index is -1.61. The van der Waals surface area contributed by atoms with E-state index in [9.17, 15) is 24.6 Å². The van der Waals surface area contributed by atoms with Gasteiger partial charge in [0.15, 0.2) is 0 Å². The largest absolute Gasteiger partial charge is 0.481 e. The van der Waals surface area contributed by atoms with E-state index in [1.54, 1.807) is 20.8 Å². The fraction of sp³-hybridized carbons (Fsp3) is 0.348. The van der Waals surface area contributed by atoms with Crippen LogP contribution in [0.5, 0.6) is 0 Å². The minimum Gasteiger partial charge on any atom is -0.481 e. The van der Waals surface area contributed by atoms with Crippen LogP contribution in [0.15, 0.2) is 48.5 Å².